The molecule has 3 aromatic carbocycles. The number of carbonyl (C=O) groups is 1. The lowest BCUT2D eigenvalue weighted by Crippen LogP contribution is -2.47. The third-order valence-corrected chi connectivity index (χ3v) is 12.1. The van der Waals surface area contributed by atoms with Gasteiger partial charge in [-0.05, 0) is 107 Å². The molecular formula is C52H53F9N10O7S. The number of halogens is 9. The number of aromatic nitrogens is 7. The molecule has 422 valence electrons. The highest BCUT2D eigenvalue weighted by Crippen LogP contribution is 2.31. The zero-order valence-corrected chi connectivity index (χ0v) is 42.6. The molecule has 0 atom stereocenters. The third kappa shape index (κ3) is 15.9. The van der Waals surface area contributed by atoms with Crippen LogP contribution in [0.5, 0.6) is 0 Å². The fourth-order valence-electron chi connectivity index (χ4n) is 7.29. The summed E-state index contributed by atoms with van der Waals surface area (Å²) < 4.78 is 149. The van der Waals surface area contributed by atoms with Gasteiger partial charge in [0.05, 0.1) is 33.9 Å². The van der Waals surface area contributed by atoms with E-state index < -0.39 is 51.3 Å². The largest absolute Gasteiger partial charge is 0.744 e. The summed E-state index contributed by atoms with van der Waals surface area (Å²) in [4.78, 5) is 49.6. The van der Waals surface area contributed by atoms with Gasteiger partial charge in [0.2, 0.25) is 0 Å². The van der Waals surface area contributed by atoms with E-state index in [1.165, 1.54) is 10.7 Å². The maximum atomic E-state index is 12.8. The van der Waals surface area contributed by atoms with E-state index in [2.05, 4.69) is 25.0 Å². The number of rotatable bonds is 4. The maximum Gasteiger partial charge on any atom is 0.419 e. The summed E-state index contributed by atoms with van der Waals surface area (Å²) in [6, 6.07) is 23.3. The first-order valence-electron chi connectivity index (χ1n) is 22.5. The Balaban J connectivity index is 0.000000272. The highest BCUT2D eigenvalue weighted by atomic mass is 32.2. The van der Waals surface area contributed by atoms with Gasteiger partial charge in [0.25, 0.3) is 5.82 Å². The van der Waals surface area contributed by atoms with Gasteiger partial charge in [-0.15, -0.1) is 9.77 Å². The maximum absolute atomic E-state index is 12.8. The molecule has 0 saturated heterocycles. The van der Waals surface area contributed by atoms with Crippen LogP contribution in [0.4, 0.5) is 51.1 Å². The number of esters is 1. The Hall–Kier alpha value is -8.85. The predicted octanol–water partition coefficient (Wildman–Crippen LogP) is 9.95. The minimum Gasteiger partial charge on any atom is -0.744 e. The second-order valence-corrected chi connectivity index (χ2v) is 18.1. The number of aromatic amines is 2. The Morgan fingerprint density at radius 3 is 1.75 bits per heavy atom. The number of fused-ring (bicyclic) bond motifs is 3. The summed E-state index contributed by atoms with van der Waals surface area (Å²) in [7, 11) is -4.33. The minimum atomic E-state index is -4.46. The molecule has 0 fully saturated rings. The number of para-hydroxylation sites is 2. The summed E-state index contributed by atoms with van der Waals surface area (Å²) in [6.07, 6.45) is -10.5. The highest BCUT2D eigenvalue weighted by Gasteiger charge is 2.33. The molecule has 0 saturated carbocycles. The molecule has 0 aliphatic heterocycles. The van der Waals surface area contributed by atoms with Crippen molar-refractivity contribution >= 4 is 55.2 Å². The lowest BCUT2D eigenvalue weighted by atomic mass is 10.1. The van der Waals surface area contributed by atoms with Gasteiger partial charge in [0.15, 0.2) is 22.3 Å². The Morgan fingerprint density at radius 1 is 0.734 bits per heavy atom. The van der Waals surface area contributed by atoms with Crippen molar-refractivity contribution < 1.29 is 68.1 Å². The van der Waals surface area contributed by atoms with E-state index in [1.54, 1.807) is 89.2 Å². The second kappa shape index (κ2) is 25.1. The minimum absolute atomic E-state index is 0. The molecule has 8 N–H and O–H groups in total. The summed E-state index contributed by atoms with van der Waals surface area (Å²) >= 11 is 0. The molecule has 0 aliphatic rings. The number of carbonyl (C=O) groups excluding carboxylic acids is 1. The molecule has 0 unspecified atom stereocenters. The molecule has 0 amide bonds. The van der Waals surface area contributed by atoms with Crippen LogP contribution in [0.1, 0.15) is 70.8 Å². The van der Waals surface area contributed by atoms with Gasteiger partial charge < -0.3 is 25.0 Å². The number of anilines is 2. The van der Waals surface area contributed by atoms with Crippen LogP contribution in [0, 0.1) is 34.6 Å². The van der Waals surface area contributed by atoms with Crippen molar-refractivity contribution in [2.45, 2.75) is 72.4 Å². The summed E-state index contributed by atoms with van der Waals surface area (Å²) in [6.45, 7) is 10.4. The molecule has 0 spiro atoms. The van der Waals surface area contributed by atoms with Crippen molar-refractivity contribution in [3.8, 4) is 11.5 Å². The topological polar surface area (TPSA) is 274 Å². The zero-order valence-electron chi connectivity index (χ0n) is 41.8. The van der Waals surface area contributed by atoms with Crippen LogP contribution in [0.2, 0.25) is 0 Å². The van der Waals surface area contributed by atoms with E-state index in [1.807, 2.05) is 13.0 Å². The van der Waals surface area contributed by atoms with Crippen LogP contribution in [0.25, 0.3) is 39.0 Å². The number of pyridine rings is 5. The second-order valence-electron chi connectivity index (χ2n) is 16.8. The number of hydrogen-bond donors (Lipinski definition) is 5. The van der Waals surface area contributed by atoms with Crippen LogP contribution in [-0.2, 0) is 33.4 Å². The van der Waals surface area contributed by atoms with E-state index in [-0.39, 0.29) is 60.0 Å². The molecule has 27 heteroatoms. The van der Waals surface area contributed by atoms with E-state index in [0.29, 0.717) is 56.0 Å². The Bertz CT molecular complexity index is 3870. The van der Waals surface area contributed by atoms with Gasteiger partial charge >= 0.3 is 24.5 Å². The molecule has 9 rings (SSSR count). The Morgan fingerprint density at radius 2 is 1.25 bits per heavy atom. The molecule has 9 aromatic rings. The van der Waals surface area contributed by atoms with E-state index in [4.69, 9.17) is 22.0 Å². The standard InChI is InChI=1S/C17H11F3N4O.C13H13NO3.C9H12O3S.C6H6F3N3.C6H5F3N2.CH4.H2/c1-9-14(21-12-5-3-2-4-11(12)15(9)25)16-22-13-8-10(17(18,19)20)6-7-24(13)23-16;1-3-17-13(16)11-8(2)12(15)9-6-4-5-7-10(9)14-11;1-6-4-7(2)9(8(3)5-6)13(10,11)12;7-6(8,9)4-1-2-5(10)12(11)3-4;7-6(8,9)4-1-2-5(10)11-3-4;;/h2-8H,1H3,(H,21,25);4-7H,3H2,1-2H3,(H,14,15);4-5H,1-3H3,(H,10,11,12);1-3,10H,11H2;1-3H,(H2,10,11);1H4;1H. The van der Waals surface area contributed by atoms with Crippen molar-refractivity contribution in [1.29, 1.82) is 0 Å². The first-order valence-corrected chi connectivity index (χ1v) is 23.9. The lowest BCUT2D eigenvalue weighted by Gasteiger charge is -2.14. The van der Waals surface area contributed by atoms with E-state index >= 15 is 0 Å². The number of hydrogen-bond acceptors (Lipinski definition) is 13. The number of nitrogen functional groups attached to an aromatic ring is 3. The van der Waals surface area contributed by atoms with Crippen molar-refractivity contribution in [2.24, 2.45) is 0 Å². The lowest BCUT2D eigenvalue weighted by molar-refractivity contribution is -0.625. The van der Waals surface area contributed by atoms with Gasteiger partial charge in [0, 0.05) is 52.8 Å². The van der Waals surface area contributed by atoms with E-state index in [0.717, 1.165) is 52.8 Å². The van der Waals surface area contributed by atoms with Gasteiger partial charge in [-0.2, -0.15) is 39.5 Å². The average Bonchev–Trinajstić information content (AvgIpc) is 3.80. The van der Waals surface area contributed by atoms with Crippen molar-refractivity contribution in [3.05, 3.63) is 186 Å². The highest BCUT2D eigenvalue weighted by molar-refractivity contribution is 7.85. The average molecular weight is 1130 g/mol. The quantitative estimate of drug-likeness (QED) is 0.0361. The molecule has 0 bridgehead atoms. The molecule has 6 aromatic heterocycles. The number of benzene rings is 3. The van der Waals surface area contributed by atoms with Gasteiger partial charge in [-0.25, -0.2) is 27.7 Å². The smallest absolute Gasteiger partial charge is 0.419 e. The van der Waals surface area contributed by atoms with Gasteiger partial charge in [-0.1, -0.05) is 49.4 Å². The number of aryl methyl sites for hydroxylation is 3. The predicted molar refractivity (Wildman–Crippen MR) is 279 cm³/mol. The number of ether oxygens (including phenoxy) is 1. The Kier molecular flexibility index (Phi) is 19.9. The van der Waals surface area contributed by atoms with Crippen LogP contribution in [0.3, 0.4) is 0 Å². The SMILES string of the molecule is C.CCOC(=O)c1[nH]c2ccccc2c(=O)c1C.Cc1c(-c2nc3cc(C(F)(F)F)ccn3n2)[nH]c2ccccc2c1=O.Cc1cc(C)c(S(=O)(=O)[O-])c(C)c1.Nc1ccc(C(F)(F)F)c[n+]1N.Nc1ccc(C(F)(F)F)cn1.[HH]. The van der Waals surface area contributed by atoms with Crippen LogP contribution in [-0.4, -0.2) is 55.1 Å². The molecular weight excluding hydrogens is 1080 g/mol. The van der Waals surface area contributed by atoms with Crippen LogP contribution >= 0.6 is 0 Å². The van der Waals surface area contributed by atoms with Gasteiger partial charge in [0.1, 0.15) is 27.8 Å². The molecule has 0 aliphatic carbocycles. The summed E-state index contributed by atoms with van der Waals surface area (Å²) in [5.41, 5.74) is 12.3. The van der Waals surface area contributed by atoms with Crippen LogP contribution < -0.4 is 32.8 Å². The zero-order chi connectivity index (χ0) is 58.2. The Labute approximate surface area is 445 Å². The summed E-state index contributed by atoms with van der Waals surface area (Å²) in [5, 5.41) is 5.30. The molecule has 0 radical (unpaired) electrons. The summed E-state index contributed by atoms with van der Waals surface area (Å²) in [5.74, 6) is 4.94. The van der Waals surface area contributed by atoms with Crippen molar-refractivity contribution in [2.75, 3.05) is 23.9 Å². The van der Waals surface area contributed by atoms with Crippen molar-refractivity contribution in [3.63, 3.8) is 0 Å². The first kappa shape index (κ1) is 62.7. The number of H-pyrrole nitrogens is 2. The third-order valence-electron chi connectivity index (χ3n) is 11.0. The van der Waals surface area contributed by atoms with Crippen LogP contribution in [0.15, 0.2) is 130 Å². The number of nitrogens with one attached hydrogen (secondary N) is 2. The van der Waals surface area contributed by atoms with E-state index in [9.17, 15) is 66.9 Å². The molecule has 17 nitrogen and oxygen atoms in total. The molecule has 79 heavy (non-hydrogen) atoms. The fraction of sp³-hybridized carbons (Fsp3) is 0.212. The first-order chi connectivity index (χ1) is 36.2. The molecule has 6 heterocycles. The normalized spacial score (nSPS) is 11.4. The number of nitrogens with zero attached hydrogens (tertiary/aromatic N) is 5. The monoisotopic (exact) mass is 1130 g/mol. The number of alkyl halides is 9. The number of nitrogens with two attached hydrogens (primary N) is 3. The van der Waals surface area contributed by atoms with Crippen molar-refractivity contribution in [1.82, 2.24) is 29.5 Å². The van der Waals surface area contributed by atoms with Gasteiger partial charge in [-0.3, -0.25) is 21.2 Å². The fourth-order valence-corrected chi connectivity index (χ4v) is 8.20.